The van der Waals surface area contributed by atoms with Crippen molar-refractivity contribution in [2.24, 2.45) is 0 Å². The quantitative estimate of drug-likeness (QED) is 0.355. The first kappa shape index (κ1) is 23.6. The highest BCUT2D eigenvalue weighted by molar-refractivity contribution is 7.89. The number of aryl methyl sites for hydroxylation is 1. The van der Waals surface area contributed by atoms with E-state index in [1.165, 1.54) is 24.3 Å². The third-order valence-electron chi connectivity index (χ3n) is 4.87. The van der Waals surface area contributed by atoms with Crippen molar-refractivity contribution in [2.45, 2.75) is 18.4 Å². The number of sulfonamides is 1. The molecule has 0 aliphatic heterocycles. The number of hydrogen-bond donors (Lipinski definition) is 2. The minimum Gasteiger partial charge on any atom is -0.484 e. The van der Waals surface area contributed by atoms with Crippen LogP contribution in [-0.2, 0) is 21.4 Å². The van der Waals surface area contributed by atoms with E-state index in [9.17, 15) is 13.2 Å². The van der Waals surface area contributed by atoms with E-state index >= 15 is 0 Å². The molecule has 4 rings (SSSR count). The van der Waals surface area contributed by atoms with Crippen LogP contribution < -0.4 is 14.8 Å². The molecule has 2 N–H and O–H groups in total. The zero-order valence-corrected chi connectivity index (χ0v) is 20.0. The van der Waals surface area contributed by atoms with Gasteiger partial charge in [0.05, 0.1) is 15.6 Å². The lowest BCUT2D eigenvalue weighted by Gasteiger charge is -2.10. The largest absolute Gasteiger partial charge is 0.484 e. The molecule has 0 aliphatic carbocycles. The summed E-state index contributed by atoms with van der Waals surface area (Å²) in [4.78, 5) is 16.9. The first-order valence-corrected chi connectivity index (χ1v) is 12.8. The summed E-state index contributed by atoms with van der Waals surface area (Å²) in [5, 5.41) is 5.75. The number of amides is 1. The Kier molecular flexibility index (Phi) is 7.36. The van der Waals surface area contributed by atoms with Crippen molar-refractivity contribution in [1.82, 2.24) is 9.71 Å². The minimum atomic E-state index is -3.66. The van der Waals surface area contributed by atoms with Crippen LogP contribution in [0.15, 0.2) is 89.1 Å². The highest BCUT2D eigenvalue weighted by Gasteiger charge is 2.14. The number of thiazole rings is 1. The Morgan fingerprint density at radius 1 is 1.00 bits per heavy atom. The van der Waals surface area contributed by atoms with Gasteiger partial charge in [-0.1, -0.05) is 42.5 Å². The molecule has 1 aromatic heterocycles. The van der Waals surface area contributed by atoms with Crippen LogP contribution >= 0.6 is 11.3 Å². The fraction of sp³-hybridized carbons (Fsp3) is 0.120. The van der Waals surface area contributed by atoms with Crippen LogP contribution in [0.1, 0.15) is 10.6 Å². The molecular formula is C25H23N3O4S2. The van der Waals surface area contributed by atoms with Crippen molar-refractivity contribution in [1.29, 1.82) is 0 Å². The molecule has 0 aliphatic rings. The Morgan fingerprint density at radius 3 is 2.47 bits per heavy atom. The van der Waals surface area contributed by atoms with Gasteiger partial charge in [0.25, 0.3) is 5.91 Å². The summed E-state index contributed by atoms with van der Waals surface area (Å²) in [5.74, 6) is 0.0664. The summed E-state index contributed by atoms with van der Waals surface area (Å²) in [6, 6.07) is 22.6. The van der Waals surface area contributed by atoms with E-state index in [-0.39, 0.29) is 24.0 Å². The molecular weight excluding hydrogens is 470 g/mol. The zero-order chi connectivity index (χ0) is 24.0. The molecule has 7 nitrogen and oxygen atoms in total. The normalized spacial score (nSPS) is 11.2. The molecule has 0 unspecified atom stereocenters. The standard InChI is InChI=1S/C25H23N3O4S2/c1-18-27-24(17-33-18)20-8-5-9-21(14-20)28-25(29)16-32-22-10-12-23(13-11-22)34(30,31)26-15-19-6-3-2-4-7-19/h2-14,17,26H,15-16H2,1H3,(H,28,29). The molecule has 0 saturated heterocycles. The van der Waals surface area contributed by atoms with Gasteiger partial charge >= 0.3 is 0 Å². The number of ether oxygens (including phenoxy) is 1. The fourth-order valence-corrected chi connectivity index (χ4v) is 4.81. The van der Waals surface area contributed by atoms with Crippen LogP contribution in [0.3, 0.4) is 0 Å². The van der Waals surface area contributed by atoms with Crippen molar-refractivity contribution in [2.75, 3.05) is 11.9 Å². The Labute approximate surface area is 202 Å². The van der Waals surface area contributed by atoms with Crippen LogP contribution in [0.5, 0.6) is 5.75 Å². The van der Waals surface area contributed by atoms with Crippen LogP contribution in [0.25, 0.3) is 11.3 Å². The Bertz CT molecular complexity index is 1370. The first-order valence-electron chi connectivity index (χ1n) is 10.5. The molecule has 1 amide bonds. The van der Waals surface area contributed by atoms with Crippen LogP contribution in [-0.4, -0.2) is 25.9 Å². The van der Waals surface area contributed by atoms with Crippen LogP contribution in [0.2, 0.25) is 0 Å². The van der Waals surface area contributed by atoms with Gasteiger partial charge in [0.1, 0.15) is 5.75 Å². The van der Waals surface area contributed by atoms with Crippen molar-refractivity contribution in [3.05, 3.63) is 94.8 Å². The molecule has 1 heterocycles. The molecule has 3 aromatic carbocycles. The maximum Gasteiger partial charge on any atom is 0.262 e. The van der Waals surface area contributed by atoms with Gasteiger partial charge in [0.2, 0.25) is 10.0 Å². The summed E-state index contributed by atoms with van der Waals surface area (Å²) in [7, 11) is -3.66. The fourth-order valence-electron chi connectivity index (χ4n) is 3.17. The SMILES string of the molecule is Cc1nc(-c2cccc(NC(=O)COc3ccc(S(=O)(=O)NCc4ccccc4)cc3)c2)cs1. The second kappa shape index (κ2) is 10.6. The lowest BCUT2D eigenvalue weighted by atomic mass is 10.1. The summed E-state index contributed by atoms with van der Waals surface area (Å²) in [6.45, 7) is 1.93. The second-order valence-electron chi connectivity index (χ2n) is 7.45. The number of benzene rings is 3. The minimum absolute atomic E-state index is 0.120. The average molecular weight is 494 g/mol. The average Bonchev–Trinajstić information content (AvgIpc) is 3.29. The van der Waals surface area contributed by atoms with Crippen LogP contribution in [0.4, 0.5) is 5.69 Å². The monoisotopic (exact) mass is 493 g/mol. The van der Waals surface area contributed by atoms with Crippen molar-refractivity contribution in [3.8, 4) is 17.0 Å². The van der Waals surface area contributed by atoms with Gasteiger partial charge in [-0.05, 0) is 48.9 Å². The Morgan fingerprint density at radius 2 is 1.76 bits per heavy atom. The molecule has 0 fully saturated rings. The third kappa shape index (κ3) is 6.28. The highest BCUT2D eigenvalue weighted by Crippen LogP contribution is 2.24. The molecule has 0 atom stereocenters. The number of hydrogen-bond acceptors (Lipinski definition) is 6. The van der Waals surface area contributed by atoms with E-state index in [4.69, 9.17) is 4.74 Å². The van der Waals surface area contributed by atoms with Crippen molar-refractivity contribution >= 4 is 33.0 Å². The molecule has 0 bridgehead atoms. The van der Waals surface area contributed by atoms with Crippen LogP contribution in [0, 0.1) is 6.92 Å². The van der Waals surface area contributed by atoms with Crippen molar-refractivity contribution < 1.29 is 17.9 Å². The number of nitrogens with one attached hydrogen (secondary N) is 2. The molecule has 174 valence electrons. The van der Waals surface area contributed by atoms with Gasteiger partial charge in [0, 0.05) is 23.2 Å². The summed E-state index contributed by atoms with van der Waals surface area (Å²) in [5.41, 5.74) is 3.29. The van der Waals surface area contributed by atoms with Gasteiger partial charge in [0.15, 0.2) is 6.61 Å². The molecule has 0 radical (unpaired) electrons. The number of rotatable bonds is 9. The molecule has 9 heteroatoms. The lowest BCUT2D eigenvalue weighted by Crippen LogP contribution is -2.23. The Balaban J connectivity index is 1.30. The van der Waals surface area contributed by atoms with E-state index in [1.807, 2.05) is 60.8 Å². The Hall–Kier alpha value is -3.53. The van der Waals surface area contributed by atoms with E-state index in [1.54, 1.807) is 17.4 Å². The van der Waals surface area contributed by atoms with Gasteiger partial charge in [-0.15, -0.1) is 11.3 Å². The maximum absolute atomic E-state index is 12.5. The molecule has 0 saturated carbocycles. The predicted octanol–water partition coefficient (Wildman–Crippen LogP) is 4.61. The van der Waals surface area contributed by atoms with E-state index in [0.717, 1.165) is 21.8 Å². The number of aromatic nitrogens is 1. The van der Waals surface area contributed by atoms with Gasteiger partial charge in [-0.3, -0.25) is 4.79 Å². The second-order valence-corrected chi connectivity index (χ2v) is 10.3. The van der Waals surface area contributed by atoms with Gasteiger partial charge < -0.3 is 10.1 Å². The zero-order valence-electron chi connectivity index (χ0n) is 18.4. The summed E-state index contributed by atoms with van der Waals surface area (Å²) in [6.07, 6.45) is 0. The molecule has 34 heavy (non-hydrogen) atoms. The molecule has 0 spiro atoms. The van der Waals surface area contributed by atoms with E-state index in [0.29, 0.717) is 11.4 Å². The summed E-state index contributed by atoms with van der Waals surface area (Å²) >= 11 is 1.57. The topological polar surface area (TPSA) is 97.4 Å². The number of anilines is 1. The van der Waals surface area contributed by atoms with Crippen molar-refractivity contribution in [3.63, 3.8) is 0 Å². The first-order chi connectivity index (χ1) is 16.4. The van der Waals surface area contributed by atoms with E-state index < -0.39 is 10.0 Å². The summed E-state index contributed by atoms with van der Waals surface area (Å²) < 4.78 is 33.1. The number of nitrogens with zero attached hydrogens (tertiary/aromatic N) is 1. The highest BCUT2D eigenvalue weighted by atomic mass is 32.2. The van der Waals surface area contributed by atoms with Gasteiger partial charge in [-0.25, -0.2) is 18.1 Å². The number of carbonyl (C=O) groups excluding carboxylic acids is 1. The predicted molar refractivity (Wildman–Crippen MR) is 133 cm³/mol. The molecule has 4 aromatic rings. The third-order valence-corrected chi connectivity index (χ3v) is 7.06. The maximum atomic E-state index is 12.5. The smallest absolute Gasteiger partial charge is 0.262 e. The van der Waals surface area contributed by atoms with Gasteiger partial charge in [-0.2, -0.15) is 0 Å². The number of carbonyl (C=O) groups is 1. The lowest BCUT2D eigenvalue weighted by molar-refractivity contribution is -0.118. The van der Waals surface area contributed by atoms with E-state index in [2.05, 4.69) is 15.0 Å².